The summed E-state index contributed by atoms with van der Waals surface area (Å²) >= 11 is 0. The summed E-state index contributed by atoms with van der Waals surface area (Å²) < 4.78 is 23.3. The standard InChI is InChI=1S/C10H13FO3/c1-6(12)9-7(11)4-5-8(13-2)10(9)14-3/h4-6,12H,1-3H3. The van der Waals surface area contributed by atoms with E-state index in [-0.39, 0.29) is 11.3 Å². The van der Waals surface area contributed by atoms with E-state index in [4.69, 9.17) is 9.47 Å². The molecule has 1 rings (SSSR count). The highest BCUT2D eigenvalue weighted by Crippen LogP contribution is 2.36. The summed E-state index contributed by atoms with van der Waals surface area (Å²) in [5, 5.41) is 9.36. The van der Waals surface area contributed by atoms with Gasteiger partial charge in [0.15, 0.2) is 11.5 Å². The van der Waals surface area contributed by atoms with Crippen molar-refractivity contribution in [2.45, 2.75) is 13.0 Å². The van der Waals surface area contributed by atoms with Crippen molar-refractivity contribution >= 4 is 0 Å². The first-order valence-electron chi connectivity index (χ1n) is 4.20. The van der Waals surface area contributed by atoms with Crippen molar-refractivity contribution in [1.82, 2.24) is 0 Å². The molecule has 0 saturated heterocycles. The molecule has 1 aromatic rings. The fraction of sp³-hybridized carbons (Fsp3) is 0.400. The van der Waals surface area contributed by atoms with Gasteiger partial charge < -0.3 is 14.6 Å². The average Bonchev–Trinajstić information content (AvgIpc) is 2.16. The predicted molar refractivity (Wildman–Crippen MR) is 50.1 cm³/mol. The Bertz CT molecular complexity index is 323. The third-order valence-electron chi connectivity index (χ3n) is 1.95. The molecule has 0 bridgehead atoms. The largest absolute Gasteiger partial charge is 0.493 e. The van der Waals surface area contributed by atoms with Crippen LogP contribution in [-0.2, 0) is 0 Å². The van der Waals surface area contributed by atoms with Crippen molar-refractivity contribution in [3.63, 3.8) is 0 Å². The van der Waals surface area contributed by atoms with Crippen LogP contribution in [0.5, 0.6) is 11.5 Å². The number of hydrogen-bond acceptors (Lipinski definition) is 3. The maximum absolute atomic E-state index is 13.3. The van der Waals surface area contributed by atoms with Crippen molar-refractivity contribution in [2.75, 3.05) is 14.2 Å². The van der Waals surface area contributed by atoms with Crippen LogP contribution in [0.3, 0.4) is 0 Å². The molecule has 3 nitrogen and oxygen atoms in total. The van der Waals surface area contributed by atoms with E-state index in [0.29, 0.717) is 5.75 Å². The molecule has 0 aromatic heterocycles. The van der Waals surface area contributed by atoms with E-state index >= 15 is 0 Å². The second-order valence-electron chi connectivity index (χ2n) is 2.87. The highest BCUT2D eigenvalue weighted by molar-refractivity contribution is 5.48. The lowest BCUT2D eigenvalue weighted by atomic mass is 10.1. The molecule has 0 aliphatic carbocycles. The van der Waals surface area contributed by atoms with E-state index < -0.39 is 11.9 Å². The fourth-order valence-corrected chi connectivity index (χ4v) is 1.32. The van der Waals surface area contributed by atoms with E-state index in [1.165, 1.54) is 33.3 Å². The molecular formula is C10H13FO3. The molecule has 1 aromatic carbocycles. The summed E-state index contributed by atoms with van der Waals surface area (Å²) in [5.74, 6) is 0.143. The molecule has 1 N–H and O–H groups in total. The van der Waals surface area contributed by atoms with Crippen molar-refractivity contribution < 1.29 is 19.0 Å². The van der Waals surface area contributed by atoms with Crippen LogP contribution in [0.25, 0.3) is 0 Å². The fourth-order valence-electron chi connectivity index (χ4n) is 1.32. The Morgan fingerprint density at radius 1 is 1.29 bits per heavy atom. The van der Waals surface area contributed by atoms with Crippen LogP contribution in [0.15, 0.2) is 12.1 Å². The first-order valence-corrected chi connectivity index (χ1v) is 4.20. The van der Waals surface area contributed by atoms with E-state index in [1.807, 2.05) is 0 Å². The van der Waals surface area contributed by atoms with Gasteiger partial charge >= 0.3 is 0 Å². The molecule has 0 fully saturated rings. The topological polar surface area (TPSA) is 38.7 Å². The highest BCUT2D eigenvalue weighted by Gasteiger charge is 2.18. The van der Waals surface area contributed by atoms with Gasteiger partial charge in [-0.15, -0.1) is 0 Å². The van der Waals surface area contributed by atoms with Gasteiger partial charge in [-0.2, -0.15) is 0 Å². The molecule has 0 amide bonds. The van der Waals surface area contributed by atoms with Gasteiger partial charge in [0.1, 0.15) is 5.82 Å². The Kier molecular flexibility index (Phi) is 3.30. The summed E-state index contributed by atoms with van der Waals surface area (Å²) in [6, 6.07) is 2.70. The number of rotatable bonds is 3. The van der Waals surface area contributed by atoms with Gasteiger partial charge in [0.05, 0.1) is 25.9 Å². The monoisotopic (exact) mass is 200 g/mol. The number of benzene rings is 1. The number of methoxy groups -OCH3 is 2. The summed E-state index contributed by atoms with van der Waals surface area (Å²) in [4.78, 5) is 0. The third-order valence-corrected chi connectivity index (χ3v) is 1.95. The molecular weight excluding hydrogens is 187 g/mol. The van der Waals surface area contributed by atoms with E-state index in [2.05, 4.69) is 0 Å². The molecule has 78 valence electrons. The SMILES string of the molecule is COc1ccc(F)c(C(C)O)c1OC. The number of hydrogen-bond donors (Lipinski definition) is 1. The zero-order chi connectivity index (χ0) is 10.7. The van der Waals surface area contributed by atoms with Gasteiger partial charge in [-0.25, -0.2) is 4.39 Å². The Morgan fingerprint density at radius 2 is 1.93 bits per heavy atom. The van der Waals surface area contributed by atoms with Crippen molar-refractivity contribution in [1.29, 1.82) is 0 Å². The molecule has 14 heavy (non-hydrogen) atoms. The Balaban J connectivity index is 3.35. The average molecular weight is 200 g/mol. The van der Waals surface area contributed by atoms with Gasteiger partial charge in [0.2, 0.25) is 0 Å². The van der Waals surface area contributed by atoms with Gasteiger partial charge in [-0.1, -0.05) is 0 Å². The summed E-state index contributed by atoms with van der Waals surface area (Å²) in [5.41, 5.74) is 0.117. The minimum Gasteiger partial charge on any atom is -0.493 e. The van der Waals surface area contributed by atoms with Gasteiger partial charge in [0.25, 0.3) is 0 Å². The number of aliphatic hydroxyl groups is 1. The van der Waals surface area contributed by atoms with Crippen LogP contribution in [0.1, 0.15) is 18.6 Å². The van der Waals surface area contributed by atoms with Crippen molar-refractivity contribution in [3.05, 3.63) is 23.5 Å². The first-order chi connectivity index (χ1) is 6.61. The zero-order valence-electron chi connectivity index (χ0n) is 8.37. The van der Waals surface area contributed by atoms with E-state index in [9.17, 15) is 9.50 Å². The number of aliphatic hydroxyl groups excluding tert-OH is 1. The second-order valence-corrected chi connectivity index (χ2v) is 2.87. The molecule has 1 atom stereocenters. The summed E-state index contributed by atoms with van der Waals surface area (Å²) in [7, 11) is 2.87. The maximum atomic E-state index is 13.3. The first kappa shape index (κ1) is 10.8. The van der Waals surface area contributed by atoms with Crippen molar-refractivity contribution in [2.24, 2.45) is 0 Å². The van der Waals surface area contributed by atoms with Gasteiger partial charge in [-0.05, 0) is 19.1 Å². The van der Waals surface area contributed by atoms with Crippen LogP contribution < -0.4 is 9.47 Å². The van der Waals surface area contributed by atoms with Gasteiger partial charge in [-0.3, -0.25) is 0 Å². The van der Waals surface area contributed by atoms with E-state index in [1.54, 1.807) is 0 Å². The number of ether oxygens (including phenoxy) is 2. The van der Waals surface area contributed by atoms with Crippen LogP contribution in [-0.4, -0.2) is 19.3 Å². The second kappa shape index (κ2) is 4.28. The lowest BCUT2D eigenvalue weighted by Gasteiger charge is -2.14. The molecule has 0 radical (unpaired) electrons. The minimum absolute atomic E-state index is 0.117. The smallest absolute Gasteiger partial charge is 0.169 e. The normalized spacial score (nSPS) is 12.4. The molecule has 0 saturated carbocycles. The van der Waals surface area contributed by atoms with Crippen LogP contribution in [0, 0.1) is 5.82 Å². The quantitative estimate of drug-likeness (QED) is 0.809. The molecule has 1 unspecified atom stereocenters. The Hall–Kier alpha value is -1.29. The summed E-state index contributed by atoms with van der Waals surface area (Å²) in [6.45, 7) is 1.47. The molecule has 0 heterocycles. The molecule has 0 spiro atoms. The number of halogens is 1. The molecule has 0 aliphatic rings. The third kappa shape index (κ3) is 1.80. The van der Waals surface area contributed by atoms with Crippen LogP contribution in [0.2, 0.25) is 0 Å². The highest BCUT2D eigenvalue weighted by atomic mass is 19.1. The molecule has 4 heteroatoms. The maximum Gasteiger partial charge on any atom is 0.169 e. The zero-order valence-corrected chi connectivity index (χ0v) is 8.37. The van der Waals surface area contributed by atoms with E-state index in [0.717, 1.165) is 0 Å². The lowest BCUT2D eigenvalue weighted by molar-refractivity contribution is 0.187. The predicted octanol–water partition coefficient (Wildman–Crippen LogP) is 1.90. The lowest BCUT2D eigenvalue weighted by Crippen LogP contribution is -2.02. The Morgan fingerprint density at radius 3 is 2.36 bits per heavy atom. The summed E-state index contributed by atoms with van der Waals surface area (Å²) in [6.07, 6.45) is -0.931. The van der Waals surface area contributed by atoms with Crippen LogP contribution >= 0.6 is 0 Å². The molecule has 0 aliphatic heterocycles. The van der Waals surface area contributed by atoms with Crippen LogP contribution in [0.4, 0.5) is 4.39 Å². The Labute approximate surface area is 82.1 Å². The van der Waals surface area contributed by atoms with Crippen molar-refractivity contribution in [3.8, 4) is 11.5 Å². The minimum atomic E-state index is -0.931. The van der Waals surface area contributed by atoms with Gasteiger partial charge in [0, 0.05) is 0 Å².